The number of hydrogen-bond acceptors (Lipinski definition) is 3. The Balaban J connectivity index is 1.99. The van der Waals surface area contributed by atoms with Crippen LogP contribution in [0, 0.1) is 5.92 Å². The number of aromatic nitrogens is 1. The molecular formula is C14H20N2O2. The first kappa shape index (κ1) is 12.9. The number of nitrogens with zero attached hydrogens (tertiary/aromatic N) is 1. The second-order valence-electron chi connectivity index (χ2n) is 5.07. The van der Waals surface area contributed by atoms with Crippen LogP contribution < -0.4 is 5.32 Å². The van der Waals surface area contributed by atoms with Crippen LogP contribution in [0.25, 0.3) is 0 Å². The van der Waals surface area contributed by atoms with Crippen molar-refractivity contribution in [2.75, 3.05) is 5.32 Å². The minimum Gasteiger partial charge on any atom is -0.478 e. The van der Waals surface area contributed by atoms with Crippen LogP contribution in [-0.4, -0.2) is 22.1 Å². The second-order valence-corrected chi connectivity index (χ2v) is 5.07. The average Bonchev–Trinajstić information content (AvgIpc) is 2.40. The number of carboxylic acid groups (broad SMARTS) is 1. The molecule has 0 aromatic carbocycles. The fourth-order valence-corrected chi connectivity index (χ4v) is 2.63. The Hall–Kier alpha value is -1.58. The largest absolute Gasteiger partial charge is 0.478 e. The van der Waals surface area contributed by atoms with Crippen LogP contribution in [0.2, 0.25) is 0 Å². The van der Waals surface area contributed by atoms with Crippen molar-refractivity contribution in [1.82, 2.24) is 4.98 Å². The molecule has 4 heteroatoms. The van der Waals surface area contributed by atoms with Crippen LogP contribution in [-0.2, 0) is 0 Å². The van der Waals surface area contributed by atoms with Crippen molar-refractivity contribution in [3.63, 3.8) is 0 Å². The second kappa shape index (κ2) is 5.85. The van der Waals surface area contributed by atoms with Gasteiger partial charge in [-0.2, -0.15) is 0 Å². The summed E-state index contributed by atoms with van der Waals surface area (Å²) >= 11 is 0. The summed E-state index contributed by atoms with van der Waals surface area (Å²) in [5, 5.41) is 12.3. The maximum Gasteiger partial charge on any atom is 0.335 e. The summed E-state index contributed by atoms with van der Waals surface area (Å²) in [6.45, 7) is 2.16. The van der Waals surface area contributed by atoms with Crippen LogP contribution in [0.5, 0.6) is 0 Å². The molecule has 0 aliphatic heterocycles. The van der Waals surface area contributed by atoms with Crippen LogP contribution in [0.1, 0.15) is 49.4 Å². The zero-order valence-corrected chi connectivity index (χ0v) is 10.7. The van der Waals surface area contributed by atoms with Crippen LogP contribution in [0.4, 0.5) is 5.82 Å². The van der Waals surface area contributed by atoms with Gasteiger partial charge in [-0.05, 0) is 37.8 Å². The SMILES string of the molecule is CC(Nc1cc(C(=O)O)ccn1)C1CCCCC1. The molecule has 2 N–H and O–H groups in total. The van der Waals surface area contributed by atoms with Crippen molar-refractivity contribution in [1.29, 1.82) is 0 Å². The molecule has 0 bridgehead atoms. The van der Waals surface area contributed by atoms with Gasteiger partial charge in [-0.1, -0.05) is 19.3 Å². The normalized spacial score (nSPS) is 18.3. The molecule has 0 radical (unpaired) electrons. The van der Waals surface area contributed by atoms with Gasteiger partial charge in [-0.25, -0.2) is 9.78 Å². The number of anilines is 1. The number of hydrogen-bond donors (Lipinski definition) is 2. The fraction of sp³-hybridized carbons (Fsp3) is 0.571. The lowest BCUT2D eigenvalue weighted by Gasteiger charge is -2.28. The van der Waals surface area contributed by atoms with Crippen molar-refractivity contribution in [3.05, 3.63) is 23.9 Å². The van der Waals surface area contributed by atoms with E-state index in [1.165, 1.54) is 38.2 Å². The molecule has 1 unspecified atom stereocenters. The smallest absolute Gasteiger partial charge is 0.335 e. The van der Waals surface area contributed by atoms with Gasteiger partial charge in [0.25, 0.3) is 0 Å². The third-order valence-corrected chi connectivity index (χ3v) is 3.74. The number of aromatic carboxylic acids is 1. The Bertz CT molecular complexity index is 414. The first-order valence-electron chi connectivity index (χ1n) is 6.62. The van der Waals surface area contributed by atoms with E-state index in [2.05, 4.69) is 17.2 Å². The summed E-state index contributed by atoms with van der Waals surface area (Å²) in [5.74, 6) is 0.424. The lowest BCUT2D eigenvalue weighted by molar-refractivity contribution is 0.0697. The Morgan fingerprint density at radius 1 is 1.44 bits per heavy atom. The zero-order chi connectivity index (χ0) is 13.0. The maximum atomic E-state index is 10.9. The number of rotatable bonds is 4. The third-order valence-electron chi connectivity index (χ3n) is 3.74. The first-order chi connectivity index (χ1) is 8.66. The third kappa shape index (κ3) is 3.22. The van der Waals surface area contributed by atoms with E-state index in [0.29, 0.717) is 17.8 Å². The van der Waals surface area contributed by atoms with Gasteiger partial charge in [0.05, 0.1) is 5.56 Å². The molecule has 1 heterocycles. The first-order valence-corrected chi connectivity index (χ1v) is 6.62. The summed E-state index contributed by atoms with van der Waals surface area (Å²) in [5.41, 5.74) is 0.281. The van der Waals surface area contributed by atoms with Gasteiger partial charge in [-0.3, -0.25) is 0 Å². The van der Waals surface area contributed by atoms with E-state index in [1.54, 1.807) is 12.3 Å². The molecule has 1 aromatic heterocycles. The van der Waals surface area contributed by atoms with E-state index in [4.69, 9.17) is 5.11 Å². The van der Waals surface area contributed by atoms with Crippen molar-refractivity contribution in [3.8, 4) is 0 Å². The van der Waals surface area contributed by atoms with E-state index in [-0.39, 0.29) is 5.56 Å². The Kier molecular flexibility index (Phi) is 4.18. The topological polar surface area (TPSA) is 62.2 Å². The van der Waals surface area contributed by atoms with Gasteiger partial charge >= 0.3 is 5.97 Å². The minimum absolute atomic E-state index is 0.281. The van der Waals surface area contributed by atoms with Crippen LogP contribution in [0.3, 0.4) is 0 Å². The molecule has 1 saturated carbocycles. The monoisotopic (exact) mass is 248 g/mol. The van der Waals surface area contributed by atoms with E-state index in [1.807, 2.05) is 0 Å². The zero-order valence-electron chi connectivity index (χ0n) is 10.7. The van der Waals surface area contributed by atoms with Crippen LogP contribution >= 0.6 is 0 Å². The van der Waals surface area contributed by atoms with Crippen molar-refractivity contribution in [2.24, 2.45) is 5.92 Å². The van der Waals surface area contributed by atoms with Crippen molar-refractivity contribution in [2.45, 2.75) is 45.1 Å². The van der Waals surface area contributed by atoms with E-state index >= 15 is 0 Å². The van der Waals surface area contributed by atoms with Gasteiger partial charge in [0.1, 0.15) is 5.82 Å². The number of nitrogens with one attached hydrogen (secondary N) is 1. The van der Waals surface area contributed by atoms with Gasteiger partial charge in [0, 0.05) is 12.2 Å². The molecule has 0 spiro atoms. The summed E-state index contributed by atoms with van der Waals surface area (Å²) in [6, 6.07) is 3.46. The number of carboxylic acids is 1. The van der Waals surface area contributed by atoms with E-state index in [9.17, 15) is 4.79 Å². The van der Waals surface area contributed by atoms with Gasteiger partial charge < -0.3 is 10.4 Å². The van der Waals surface area contributed by atoms with Gasteiger partial charge in [0.2, 0.25) is 0 Å². The average molecular weight is 248 g/mol. The minimum atomic E-state index is -0.911. The van der Waals surface area contributed by atoms with Gasteiger partial charge in [0.15, 0.2) is 0 Å². The molecule has 0 amide bonds. The molecule has 1 aliphatic carbocycles. The lowest BCUT2D eigenvalue weighted by Crippen LogP contribution is -2.28. The fourth-order valence-electron chi connectivity index (χ4n) is 2.63. The molecule has 1 aliphatic rings. The highest BCUT2D eigenvalue weighted by molar-refractivity contribution is 5.88. The Morgan fingerprint density at radius 2 is 2.17 bits per heavy atom. The predicted molar refractivity (Wildman–Crippen MR) is 70.9 cm³/mol. The maximum absolute atomic E-state index is 10.9. The van der Waals surface area contributed by atoms with Crippen LogP contribution in [0.15, 0.2) is 18.3 Å². The van der Waals surface area contributed by atoms with Gasteiger partial charge in [-0.15, -0.1) is 0 Å². The summed E-state index contributed by atoms with van der Waals surface area (Å²) in [7, 11) is 0. The molecule has 18 heavy (non-hydrogen) atoms. The van der Waals surface area contributed by atoms with Crippen molar-refractivity contribution < 1.29 is 9.90 Å². The number of pyridine rings is 1. The summed E-state index contributed by atoms with van der Waals surface area (Å²) < 4.78 is 0. The lowest BCUT2D eigenvalue weighted by atomic mass is 9.84. The van der Waals surface area contributed by atoms with Crippen molar-refractivity contribution >= 4 is 11.8 Å². The highest BCUT2D eigenvalue weighted by Gasteiger charge is 2.20. The Morgan fingerprint density at radius 3 is 2.83 bits per heavy atom. The van der Waals surface area contributed by atoms with E-state index in [0.717, 1.165) is 0 Å². The quantitative estimate of drug-likeness (QED) is 0.859. The molecule has 0 saturated heterocycles. The van der Waals surface area contributed by atoms with E-state index < -0.39 is 5.97 Å². The Labute approximate surface area is 107 Å². The molecule has 1 atom stereocenters. The summed E-state index contributed by atoms with van der Waals surface area (Å²) in [4.78, 5) is 15.1. The predicted octanol–water partition coefficient (Wildman–Crippen LogP) is 3.16. The highest BCUT2D eigenvalue weighted by atomic mass is 16.4. The molecule has 1 aromatic rings. The number of carbonyl (C=O) groups is 1. The summed E-state index contributed by atoms with van der Waals surface area (Å²) in [6.07, 6.45) is 8.01. The molecule has 2 rings (SSSR count). The molecule has 1 fully saturated rings. The molecule has 4 nitrogen and oxygen atoms in total. The highest BCUT2D eigenvalue weighted by Crippen LogP contribution is 2.27. The molecular weight excluding hydrogens is 228 g/mol. The molecule has 98 valence electrons. The standard InChI is InChI=1S/C14H20N2O2/c1-10(11-5-3-2-4-6-11)16-13-9-12(14(17)18)7-8-15-13/h7-11H,2-6H2,1H3,(H,15,16)(H,17,18).